The quantitative estimate of drug-likeness (QED) is 0.777. The van der Waals surface area contributed by atoms with Crippen LogP contribution in [0.15, 0.2) is 48.8 Å². The standard InChI is InChI=1S/C14H17N3S/c1-14(2,3)18-17(12-8-4-6-10-15-12)13-9-5-7-11-16-13/h4-11H,1-3H3. The number of hydrogen-bond donors (Lipinski definition) is 0. The Morgan fingerprint density at radius 3 is 1.72 bits per heavy atom. The molecule has 2 aromatic rings. The molecular weight excluding hydrogens is 242 g/mol. The van der Waals surface area contributed by atoms with Gasteiger partial charge in [-0.2, -0.15) is 0 Å². The van der Waals surface area contributed by atoms with Crippen LogP contribution in [0.4, 0.5) is 11.6 Å². The molecular formula is C14H17N3S. The van der Waals surface area contributed by atoms with Gasteiger partial charge in [-0.15, -0.1) is 0 Å². The molecule has 0 fully saturated rings. The van der Waals surface area contributed by atoms with Gasteiger partial charge in [0.25, 0.3) is 0 Å². The molecule has 0 spiro atoms. The molecule has 0 atom stereocenters. The predicted molar refractivity (Wildman–Crippen MR) is 78.0 cm³/mol. The van der Waals surface area contributed by atoms with Crippen LogP contribution >= 0.6 is 11.9 Å². The van der Waals surface area contributed by atoms with Crippen LogP contribution < -0.4 is 4.31 Å². The van der Waals surface area contributed by atoms with Crippen LogP contribution in [0.5, 0.6) is 0 Å². The molecule has 0 N–H and O–H groups in total. The van der Waals surface area contributed by atoms with Crippen LogP contribution in [0, 0.1) is 0 Å². The third kappa shape index (κ3) is 3.47. The van der Waals surface area contributed by atoms with Gasteiger partial charge in [0.2, 0.25) is 0 Å². The number of aromatic nitrogens is 2. The maximum atomic E-state index is 4.40. The Morgan fingerprint density at radius 1 is 0.889 bits per heavy atom. The summed E-state index contributed by atoms with van der Waals surface area (Å²) in [6.45, 7) is 6.53. The fourth-order valence-corrected chi connectivity index (χ4v) is 2.38. The molecule has 2 rings (SSSR count). The molecule has 3 nitrogen and oxygen atoms in total. The summed E-state index contributed by atoms with van der Waals surface area (Å²) in [5, 5.41) is 0. The highest BCUT2D eigenvalue weighted by Gasteiger charge is 2.21. The summed E-state index contributed by atoms with van der Waals surface area (Å²) in [7, 11) is 0. The first kappa shape index (κ1) is 12.9. The molecule has 0 unspecified atom stereocenters. The zero-order chi connectivity index (χ0) is 13.0. The Hall–Kier alpha value is -1.55. The topological polar surface area (TPSA) is 29.0 Å². The van der Waals surface area contributed by atoms with E-state index in [-0.39, 0.29) is 4.75 Å². The monoisotopic (exact) mass is 259 g/mol. The van der Waals surface area contributed by atoms with Gasteiger partial charge in [-0.1, -0.05) is 12.1 Å². The molecule has 0 aromatic carbocycles. The molecule has 0 saturated heterocycles. The van der Waals surface area contributed by atoms with Crippen LogP contribution in [0.3, 0.4) is 0 Å². The minimum Gasteiger partial charge on any atom is -0.251 e. The van der Waals surface area contributed by atoms with E-state index < -0.39 is 0 Å². The summed E-state index contributed by atoms with van der Waals surface area (Å²) < 4.78 is 2.16. The summed E-state index contributed by atoms with van der Waals surface area (Å²) >= 11 is 1.72. The first-order chi connectivity index (χ1) is 8.56. The first-order valence-corrected chi connectivity index (χ1v) is 6.65. The largest absolute Gasteiger partial charge is 0.251 e. The van der Waals surface area contributed by atoms with E-state index >= 15 is 0 Å². The molecule has 2 heterocycles. The van der Waals surface area contributed by atoms with Crippen molar-refractivity contribution >= 4 is 23.6 Å². The zero-order valence-electron chi connectivity index (χ0n) is 10.9. The Bertz CT molecular complexity index is 440. The number of hydrogen-bond acceptors (Lipinski definition) is 4. The van der Waals surface area contributed by atoms with E-state index in [0.29, 0.717) is 0 Å². The average molecular weight is 259 g/mol. The van der Waals surface area contributed by atoms with Crippen molar-refractivity contribution in [1.29, 1.82) is 0 Å². The van der Waals surface area contributed by atoms with Gasteiger partial charge in [0.05, 0.1) is 0 Å². The minimum absolute atomic E-state index is 0.0923. The van der Waals surface area contributed by atoms with Gasteiger partial charge in [0.15, 0.2) is 0 Å². The molecule has 0 aliphatic carbocycles. The van der Waals surface area contributed by atoms with E-state index in [9.17, 15) is 0 Å². The van der Waals surface area contributed by atoms with Crippen molar-refractivity contribution in [3.63, 3.8) is 0 Å². The summed E-state index contributed by atoms with van der Waals surface area (Å²) in [6.07, 6.45) is 3.60. The van der Waals surface area contributed by atoms with Gasteiger partial charge < -0.3 is 0 Å². The molecule has 2 aromatic heterocycles. The van der Waals surface area contributed by atoms with Crippen molar-refractivity contribution in [3.8, 4) is 0 Å². The summed E-state index contributed by atoms with van der Waals surface area (Å²) in [5.41, 5.74) is 0. The highest BCUT2D eigenvalue weighted by atomic mass is 32.2. The van der Waals surface area contributed by atoms with Gasteiger partial charge in [-0.05, 0) is 57.0 Å². The molecule has 0 amide bonds. The van der Waals surface area contributed by atoms with Gasteiger partial charge in [-0.25, -0.2) is 9.97 Å². The normalized spacial score (nSPS) is 11.3. The molecule has 0 radical (unpaired) electrons. The third-order valence-electron chi connectivity index (χ3n) is 2.08. The highest BCUT2D eigenvalue weighted by Crippen LogP contribution is 2.36. The average Bonchev–Trinajstić information content (AvgIpc) is 2.37. The molecule has 18 heavy (non-hydrogen) atoms. The van der Waals surface area contributed by atoms with E-state index in [1.807, 2.05) is 36.4 Å². The highest BCUT2D eigenvalue weighted by molar-refractivity contribution is 8.02. The van der Waals surface area contributed by atoms with Gasteiger partial charge in [0, 0.05) is 17.1 Å². The van der Waals surface area contributed by atoms with Gasteiger partial charge >= 0.3 is 0 Å². The summed E-state index contributed by atoms with van der Waals surface area (Å²) in [5.74, 6) is 1.80. The SMILES string of the molecule is CC(C)(C)SN(c1ccccn1)c1ccccn1. The molecule has 0 aliphatic rings. The molecule has 0 aliphatic heterocycles. The fraction of sp³-hybridized carbons (Fsp3) is 0.286. The van der Waals surface area contributed by atoms with E-state index in [0.717, 1.165) is 11.6 Å². The van der Waals surface area contributed by atoms with E-state index in [1.54, 1.807) is 24.3 Å². The molecule has 0 bridgehead atoms. The maximum Gasteiger partial charge on any atom is 0.144 e. The first-order valence-electron chi connectivity index (χ1n) is 5.87. The van der Waals surface area contributed by atoms with Crippen LogP contribution in [0.1, 0.15) is 20.8 Å². The van der Waals surface area contributed by atoms with Crippen molar-refractivity contribution in [3.05, 3.63) is 48.8 Å². The van der Waals surface area contributed by atoms with Crippen molar-refractivity contribution in [1.82, 2.24) is 9.97 Å². The molecule has 0 saturated carbocycles. The lowest BCUT2D eigenvalue weighted by molar-refractivity contribution is 0.802. The van der Waals surface area contributed by atoms with Gasteiger partial charge in [0.1, 0.15) is 11.6 Å². The van der Waals surface area contributed by atoms with Gasteiger partial charge in [-0.3, -0.25) is 4.31 Å². The number of nitrogens with zero attached hydrogens (tertiary/aromatic N) is 3. The van der Waals surface area contributed by atoms with E-state index in [1.165, 1.54) is 0 Å². The number of pyridine rings is 2. The summed E-state index contributed by atoms with van der Waals surface area (Å²) in [4.78, 5) is 8.81. The number of anilines is 2. The van der Waals surface area contributed by atoms with Crippen LogP contribution in [0.25, 0.3) is 0 Å². The second-order valence-electron chi connectivity index (χ2n) is 4.87. The Labute approximate surface area is 112 Å². The zero-order valence-corrected chi connectivity index (χ0v) is 11.7. The minimum atomic E-state index is 0.0923. The fourth-order valence-electron chi connectivity index (χ4n) is 1.43. The molecule has 94 valence electrons. The smallest absolute Gasteiger partial charge is 0.144 e. The Balaban J connectivity index is 2.36. The maximum absolute atomic E-state index is 4.40. The van der Waals surface area contributed by atoms with Crippen LogP contribution in [-0.4, -0.2) is 14.7 Å². The summed E-state index contributed by atoms with van der Waals surface area (Å²) in [6, 6.07) is 11.8. The lowest BCUT2D eigenvalue weighted by Crippen LogP contribution is -2.20. The second-order valence-corrected chi connectivity index (χ2v) is 6.65. The van der Waals surface area contributed by atoms with Crippen LogP contribution in [-0.2, 0) is 0 Å². The van der Waals surface area contributed by atoms with E-state index in [4.69, 9.17) is 0 Å². The van der Waals surface area contributed by atoms with Crippen molar-refractivity contribution in [2.24, 2.45) is 0 Å². The predicted octanol–water partition coefficient (Wildman–Crippen LogP) is 4.06. The van der Waals surface area contributed by atoms with Crippen molar-refractivity contribution in [2.75, 3.05) is 4.31 Å². The Morgan fingerprint density at radius 2 is 1.39 bits per heavy atom. The second kappa shape index (κ2) is 5.40. The van der Waals surface area contributed by atoms with Crippen molar-refractivity contribution in [2.45, 2.75) is 25.5 Å². The Kier molecular flexibility index (Phi) is 3.87. The van der Waals surface area contributed by atoms with Crippen LogP contribution in [0.2, 0.25) is 0 Å². The molecule has 4 heteroatoms. The number of rotatable bonds is 3. The van der Waals surface area contributed by atoms with Crippen molar-refractivity contribution < 1.29 is 0 Å². The van der Waals surface area contributed by atoms with E-state index in [2.05, 4.69) is 35.0 Å². The lowest BCUT2D eigenvalue weighted by Gasteiger charge is -2.28. The third-order valence-corrected chi connectivity index (χ3v) is 3.18. The lowest BCUT2D eigenvalue weighted by atomic mass is 10.3.